The molecular weight excluding hydrogens is 256 g/mol. The van der Waals surface area contributed by atoms with Crippen LogP contribution in [0.4, 0.5) is 4.79 Å². The molecule has 0 saturated carbocycles. The lowest BCUT2D eigenvalue weighted by Crippen LogP contribution is -2.15. The van der Waals surface area contributed by atoms with Gasteiger partial charge in [-0.05, 0) is 5.56 Å². The Kier molecular flexibility index (Phi) is 4.89. The van der Waals surface area contributed by atoms with Crippen molar-refractivity contribution in [1.29, 1.82) is 0 Å². The van der Waals surface area contributed by atoms with Crippen molar-refractivity contribution in [3.05, 3.63) is 71.8 Å². The molecule has 2 aromatic rings. The van der Waals surface area contributed by atoms with Crippen molar-refractivity contribution in [2.24, 2.45) is 0 Å². The fraction of sp³-hybridized carbons (Fsp3) is 0.125. The summed E-state index contributed by atoms with van der Waals surface area (Å²) in [5, 5.41) is 0. The maximum Gasteiger partial charge on any atom is 0.509 e. The maximum atomic E-state index is 11.7. The van der Waals surface area contributed by atoms with Crippen molar-refractivity contribution in [3.8, 4) is 0 Å². The van der Waals surface area contributed by atoms with Gasteiger partial charge in [-0.3, -0.25) is 4.79 Å². The molecule has 4 nitrogen and oxygen atoms in total. The van der Waals surface area contributed by atoms with Crippen LogP contribution in [0.3, 0.4) is 0 Å². The summed E-state index contributed by atoms with van der Waals surface area (Å²) in [5.41, 5.74) is 1.36. The number of benzene rings is 2. The first-order valence-electron chi connectivity index (χ1n) is 6.17. The van der Waals surface area contributed by atoms with Crippen LogP contribution in [0, 0.1) is 0 Å². The summed E-state index contributed by atoms with van der Waals surface area (Å²) in [6, 6.07) is 17.9. The summed E-state index contributed by atoms with van der Waals surface area (Å²) < 4.78 is 9.67. The zero-order chi connectivity index (χ0) is 14.2. The van der Waals surface area contributed by atoms with Crippen LogP contribution in [0.15, 0.2) is 60.7 Å². The van der Waals surface area contributed by atoms with E-state index in [1.165, 1.54) is 0 Å². The Morgan fingerprint density at radius 2 is 1.40 bits per heavy atom. The van der Waals surface area contributed by atoms with Gasteiger partial charge in [0.05, 0.1) is 0 Å². The Labute approximate surface area is 116 Å². The predicted octanol–water partition coefficient (Wildman–Crippen LogP) is 3.22. The quantitative estimate of drug-likeness (QED) is 0.618. The van der Waals surface area contributed by atoms with Crippen LogP contribution in [0.25, 0.3) is 0 Å². The third-order valence-corrected chi connectivity index (χ3v) is 2.62. The molecule has 0 spiro atoms. The highest BCUT2D eigenvalue weighted by atomic mass is 16.7. The van der Waals surface area contributed by atoms with Crippen molar-refractivity contribution in [1.82, 2.24) is 0 Å². The number of carbonyl (C=O) groups excluding carboxylic acids is 2. The number of carbonyl (C=O) groups is 2. The summed E-state index contributed by atoms with van der Waals surface area (Å²) in [7, 11) is 0. The highest BCUT2D eigenvalue weighted by Gasteiger charge is 2.10. The molecule has 0 fully saturated rings. The highest BCUT2D eigenvalue weighted by molar-refractivity contribution is 5.97. The molecule has 0 N–H and O–H groups in total. The minimum Gasteiger partial charge on any atom is -0.429 e. The molecular formula is C16H14O4. The largest absolute Gasteiger partial charge is 0.509 e. The van der Waals surface area contributed by atoms with Crippen molar-refractivity contribution in [2.75, 3.05) is 6.61 Å². The van der Waals surface area contributed by atoms with Gasteiger partial charge in [0.2, 0.25) is 0 Å². The van der Waals surface area contributed by atoms with E-state index in [9.17, 15) is 9.59 Å². The highest BCUT2D eigenvalue weighted by Crippen LogP contribution is 2.03. The number of ketones is 1. The first-order valence-corrected chi connectivity index (χ1v) is 6.17. The van der Waals surface area contributed by atoms with Gasteiger partial charge in [-0.15, -0.1) is 0 Å². The van der Waals surface area contributed by atoms with E-state index in [4.69, 9.17) is 9.47 Å². The molecule has 0 saturated heterocycles. The molecule has 0 radical (unpaired) electrons. The lowest BCUT2D eigenvalue weighted by atomic mass is 10.1. The molecule has 0 aliphatic rings. The molecule has 4 heteroatoms. The van der Waals surface area contributed by atoms with E-state index in [1.807, 2.05) is 36.4 Å². The fourth-order valence-electron chi connectivity index (χ4n) is 1.59. The minimum atomic E-state index is -0.849. The number of Topliss-reactive ketones (excluding diaryl/α,β-unsaturated/α-hetero) is 1. The Morgan fingerprint density at radius 1 is 0.800 bits per heavy atom. The SMILES string of the molecule is O=C(OCC(=O)c1ccccc1)OCc1ccccc1. The van der Waals surface area contributed by atoms with Gasteiger partial charge in [-0.2, -0.15) is 0 Å². The Balaban J connectivity index is 1.74. The fourth-order valence-corrected chi connectivity index (χ4v) is 1.59. The van der Waals surface area contributed by atoms with Crippen LogP contribution in [-0.4, -0.2) is 18.5 Å². The van der Waals surface area contributed by atoms with Crippen LogP contribution in [0.5, 0.6) is 0 Å². The number of hydrogen-bond acceptors (Lipinski definition) is 4. The van der Waals surface area contributed by atoms with Gasteiger partial charge in [0.25, 0.3) is 0 Å². The first kappa shape index (κ1) is 13.8. The van der Waals surface area contributed by atoms with Crippen LogP contribution in [-0.2, 0) is 16.1 Å². The van der Waals surface area contributed by atoms with E-state index < -0.39 is 6.16 Å². The number of ether oxygens (including phenoxy) is 2. The zero-order valence-corrected chi connectivity index (χ0v) is 10.8. The van der Waals surface area contributed by atoms with Gasteiger partial charge in [-0.1, -0.05) is 60.7 Å². The van der Waals surface area contributed by atoms with Crippen molar-refractivity contribution in [3.63, 3.8) is 0 Å². The van der Waals surface area contributed by atoms with Gasteiger partial charge in [0.15, 0.2) is 12.4 Å². The molecule has 0 aliphatic heterocycles. The van der Waals surface area contributed by atoms with Gasteiger partial charge in [0.1, 0.15) is 6.61 Å². The Morgan fingerprint density at radius 3 is 2.05 bits per heavy atom. The first-order chi connectivity index (χ1) is 9.75. The minimum absolute atomic E-state index is 0.124. The Hall–Kier alpha value is -2.62. The molecule has 0 amide bonds. The lowest BCUT2D eigenvalue weighted by Gasteiger charge is -2.06. The van der Waals surface area contributed by atoms with Crippen LogP contribution in [0.1, 0.15) is 15.9 Å². The van der Waals surface area contributed by atoms with Crippen molar-refractivity contribution >= 4 is 11.9 Å². The van der Waals surface area contributed by atoms with Crippen LogP contribution in [0.2, 0.25) is 0 Å². The van der Waals surface area contributed by atoms with Crippen molar-refractivity contribution < 1.29 is 19.1 Å². The maximum absolute atomic E-state index is 11.7. The summed E-state index contributed by atoms with van der Waals surface area (Å²) in [6.07, 6.45) is -0.849. The second-order valence-electron chi connectivity index (χ2n) is 4.10. The van der Waals surface area contributed by atoms with E-state index in [1.54, 1.807) is 24.3 Å². The molecule has 0 atom stereocenters. The average Bonchev–Trinajstić information content (AvgIpc) is 2.52. The summed E-state index contributed by atoms with van der Waals surface area (Å²) in [5.74, 6) is -0.262. The zero-order valence-electron chi connectivity index (χ0n) is 10.8. The molecule has 0 heterocycles. The van der Waals surface area contributed by atoms with E-state index >= 15 is 0 Å². The van der Waals surface area contributed by atoms with Crippen molar-refractivity contribution in [2.45, 2.75) is 6.61 Å². The molecule has 0 aromatic heterocycles. The molecule has 102 valence electrons. The van der Waals surface area contributed by atoms with E-state index in [2.05, 4.69) is 0 Å². The standard InChI is InChI=1S/C16H14O4/c17-15(14-9-5-2-6-10-14)12-20-16(18)19-11-13-7-3-1-4-8-13/h1-10H,11-12H2. The van der Waals surface area contributed by atoms with E-state index in [-0.39, 0.29) is 19.0 Å². The monoisotopic (exact) mass is 270 g/mol. The number of rotatable bonds is 5. The van der Waals surface area contributed by atoms with Gasteiger partial charge < -0.3 is 9.47 Å². The molecule has 0 bridgehead atoms. The predicted molar refractivity (Wildman–Crippen MR) is 73.4 cm³/mol. The third kappa shape index (κ3) is 4.24. The second kappa shape index (κ2) is 7.09. The van der Waals surface area contributed by atoms with E-state index in [0.29, 0.717) is 5.56 Å². The normalized spacial score (nSPS) is 9.80. The average molecular weight is 270 g/mol. The summed E-state index contributed by atoms with van der Waals surface area (Å²) in [4.78, 5) is 23.0. The Bertz CT molecular complexity index is 564. The van der Waals surface area contributed by atoms with Crippen LogP contribution >= 0.6 is 0 Å². The topological polar surface area (TPSA) is 52.6 Å². The number of hydrogen-bond donors (Lipinski definition) is 0. The summed E-state index contributed by atoms with van der Waals surface area (Å²) in [6.45, 7) is -0.198. The smallest absolute Gasteiger partial charge is 0.429 e. The second-order valence-corrected chi connectivity index (χ2v) is 4.10. The van der Waals surface area contributed by atoms with Gasteiger partial charge in [0, 0.05) is 5.56 Å². The molecule has 2 rings (SSSR count). The van der Waals surface area contributed by atoms with Gasteiger partial charge in [-0.25, -0.2) is 4.79 Å². The van der Waals surface area contributed by atoms with Gasteiger partial charge >= 0.3 is 6.16 Å². The molecule has 0 unspecified atom stereocenters. The third-order valence-electron chi connectivity index (χ3n) is 2.62. The summed E-state index contributed by atoms with van der Waals surface area (Å²) >= 11 is 0. The van der Waals surface area contributed by atoms with E-state index in [0.717, 1.165) is 5.56 Å². The molecule has 20 heavy (non-hydrogen) atoms. The lowest BCUT2D eigenvalue weighted by molar-refractivity contribution is 0.0457. The van der Waals surface area contributed by atoms with Crippen LogP contribution < -0.4 is 0 Å². The molecule has 0 aliphatic carbocycles. The molecule has 2 aromatic carbocycles.